The number of hydrogen-bond donors (Lipinski definition) is 1. The van der Waals surface area contributed by atoms with Crippen LogP contribution in [0.1, 0.15) is 35.5 Å². The molecule has 1 aliphatic rings. The number of hydrogen-bond acceptors (Lipinski definition) is 5. The minimum absolute atomic E-state index is 0.207. The van der Waals surface area contributed by atoms with Gasteiger partial charge in [-0.15, -0.1) is 0 Å². The first-order valence-electron chi connectivity index (χ1n) is 10.5. The van der Waals surface area contributed by atoms with Crippen LogP contribution >= 0.6 is 7.80 Å². The number of rotatable bonds is 4. The minimum atomic E-state index is -4.40. The number of halogens is 3. The van der Waals surface area contributed by atoms with E-state index in [9.17, 15) is 17.7 Å². The Morgan fingerprint density at radius 3 is 2.50 bits per heavy atom. The molecule has 1 aromatic heterocycles. The van der Waals surface area contributed by atoms with Gasteiger partial charge < -0.3 is 10.2 Å². The summed E-state index contributed by atoms with van der Waals surface area (Å²) in [6.07, 6.45) is -3.05. The first kappa shape index (κ1) is 22.5. The summed E-state index contributed by atoms with van der Waals surface area (Å²) in [5, 5.41) is 4.12. The van der Waals surface area contributed by atoms with Gasteiger partial charge in [0, 0.05) is 11.1 Å². The average Bonchev–Trinajstić information content (AvgIpc) is 2.73. The molecule has 1 fully saturated rings. The molecule has 0 amide bonds. The molecule has 5 nitrogen and oxygen atoms in total. The van der Waals surface area contributed by atoms with Gasteiger partial charge in [-0.05, 0) is 56.2 Å². The Kier molecular flexibility index (Phi) is 6.08. The van der Waals surface area contributed by atoms with Crippen LogP contribution in [0.5, 0.6) is 0 Å². The summed E-state index contributed by atoms with van der Waals surface area (Å²) in [6, 6.07) is 9.79. The van der Waals surface area contributed by atoms with Gasteiger partial charge in [0.25, 0.3) is 0 Å². The van der Waals surface area contributed by atoms with Crippen LogP contribution in [-0.4, -0.2) is 35.4 Å². The van der Waals surface area contributed by atoms with E-state index in [4.69, 9.17) is 0 Å². The third-order valence-electron chi connectivity index (χ3n) is 5.90. The van der Waals surface area contributed by atoms with Crippen LogP contribution in [0.15, 0.2) is 36.4 Å². The third-order valence-corrected chi connectivity index (χ3v) is 7.29. The topological polar surface area (TPSA) is 58.1 Å². The molecule has 1 aliphatic heterocycles. The van der Waals surface area contributed by atoms with E-state index in [0.29, 0.717) is 29.5 Å². The highest BCUT2D eigenvalue weighted by Crippen LogP contribution is 2.36. The molecule has 0 bridgehead atoms. The van der Waals surface area contributed by atoms with Gasteiger partial charge in [-0.3, -0.25) is 0 Å². The Hall–Kier alpha value is -2.73. The van der Waals surface area contributed by atoms with Gasteiger partial charge in [-0.2, -0.15) is 13.2 Å². The van der Waals surface area contributed by atoms with Crippen molar-refractivity contribution in [3.05, 3.63) is 58.9 Å². The van der Waals surface area contributed by atoms with E-state index in [2.05, 4.69) is 20.2 Å². The lowest BCUT2D eigenvalue weighted by atomic mass is 9.97. The molecule has 0 aliphatic carbocycles. The number of aryl methyl sites for hydroxylation is 1. The van der Waals surface area contributed by atoms with E-state index >= 15 is 0 Å². The largest absolute Gasteiger partial charge is 0.416 e. The fourth-order valence-corrected chi connectivity index (χ4v) is 5.35. The molecule has 0 unspecified atom stereocenters. The zero-order chi connectivity index (χ0) is 23.0. The summed E-state index contributed by atoms with van der Waals surface area (Å²) in [7, 11) is -1.11. The first-order chi connectivity index (χ1) is 15.1. The number of aromatic nitrogens is 2. The highest BCUT2D eigenvalue weighted by molar-refractivity contribution is 7.44. The third kappa shape index (κ3) is 4.56. The van der Waals surface area contributed by atoms with Crippen molar-refractivity contribution in [1.82, 2.24) is 9.97 Å². The Morgan fingerprint density at radius 1 is 1.09 bits per heavy atom. The number of fused-ring (bicyclic) bond motifs is 1. The fourth-order valence-electron chi connectivity index (χ4n) is 4.20. The summed E-state index contributed by atoms with van der Waals surface area (Å²) in [5.41, 5.74) is 1.91. The van der Waals surface area contributed by atoms with Crippen LogP contribution in [0.3, 0.4) is 0 Å². The lowest BCUT2D eigenvalue weighted by Crippen LogP contribution is -2.32. The number of anilines is 2. The number of benzene rings is 2. The van der Waals surface area contributed by atoms with Crippen molar-refractivity contribution in [2.24, 2.45) is 0 Å². The van der Waals surface area contributed by atoms with Crippen LogP contribution < -0.4 is 10.2 Å². The van der Waals surface area contributed by atoms with Crippen molar-refractivity contribution in [3.8, 4) is 0 Å². The summed E-state index contributed by atoms with van der Waals surface area (Å²) >= 11 is 0. The summed E-state index contributed by atoms with van der Waals surface area (Å²) in [6.45, 7) is 6.59. The van der Waals surface area contributed by atoms with Gasteiger partial charge >= 0.3 is 14.0 Å². The lowest BCUT2D eigenvalue weighted by molar-refractivity contribution is -0.138. The van der Waals surface area contributed by atoms with E-state index in [1.54, 1.807) is 13.0 Å². The first-order valence-corrected chi connectivity index (χ1v) is 12.1. The quantitative estimate of drug-likeness (QED) is 0.477. The van der Waals surface area contributed by atoms with Gasteiger partial charge in [-0.25, -0.2) is 9.97 Å². The minimum Gasteiger partial charge on any atom is -0.363 e. The van der Waals surface area contributed by atoms with E-state index in [-0.39, 0.29) is 5.56 Å². The predicted molar refractivity (Wildman–Crippen MR) is 122 cm³/mol. The second kappa shape index (κ2) is 8.66. The zero-order valence-corrected chi connectivity index (χ0v) is 19.1. The molecule has 0 spiro atoms. The van der Waals surface area contributed by atoms with Crippen LogP contribution in [0.2, 0.25) is 0 Å². The number of nitrogens with zero attached hydrogens (tertiary/aromatic N) is 3. The highest BCUT2D eigenvalue weighted by atomic mass is 31.1. The number of nitrogens with one attached hydrogen (secondary N) is 1. The van der Waals surface area contributed by atoms with Gasteiger partial charge in [0.15, 0.2) is 12.3 Å². The van der Waals surface area contributed by atoms with Crippen LogP contribution in [-0.2, 0) is 10.7 Å². The molecule has 3 aromatic rings. The number of alkyl halides is 3. The molecule has 168 valence electrons. The Bertz CT molecular complexity index is 1170. The second-order valence-electron chi connectivity index (χ2n) is 8.12. The summed E-state index contributed by atoms with van der Waals surface area (Å²) in [5.74, 6) is 1.16. The van der Waals surface area contributed by atoms with E-state index in [1.165, 1.54) is 13.0 Å². The Labute approximate surface area is 185 Å². The fraction of sp³-hybridized carbons (Fsp3) is 0.391. The lowest BCUT2D eigenvalue weighted by Gasteiger charge is -2.25. The molecule has 9 heteroatoms. The summed E-state index contributed by atoms with van der Waals surface area (Å²) < 4.78 is 51.8. The maximum atomic E-state index is 13.4. The van der Waals surface area contributed by atoms with Crippen molar-refractivity contribution >= 4 is 30.2 Å². The molecule has 4 rings (SSSR count). The standard InChI is InChI=1S/C23H25F3N4OP/c1-14-18(5-4-6-20(14)23(24,25)26)15(2)27-22-19-13-17(30-9-11-32(31)12-10-30)7-8-21(19)28-16(3)29-22/h4-8,13,15H,9-12H2,1-3H3,(H,27,28,29)/q+1/t15-/m1/s1. The molecule has 1 N–H and O–H groups in total. The van der Waals surface area contributed by atoms with E-state index in [1.807, 2.05) is 25.1 Å². The maximum Gasteiger partial charge on any atom is 0.416 e. The highest BCUT2D eigenvalue weighted by Gasteiger charge is 2.33. The van der Waals surface area contributed by atoms with Crippen molar-refractivity contribution in [1.29, 1.82) is 0 Å². The predicted octanol–water partition coefficient (Wildman–Crippen LogP) is 6.09. The normalized spacial score (nSPS) is 15.8. The summed E-state index contributed by atoms with van der Waals surface area (Å²) in [4.78, 5) is 11.3. The van der Waals surface area contributed by atoms with E-state index < -0.39 is 25.6 Å². The van der Waals surface area contributed by atoms with Gasteiger partial charge in [-0.1, -0.05) is 16.7 Å². The van der Waals surface area contributed by atoms with Gasteiger partial charge in [0.05, 0.1) is 30.2 Å². The molecule has 32 heavy (non-hydrogen) atoms. The van der Waals surface area contributed by atoms with Crippen molar-refractivity contribution in [2.75, 3.05) is 35.6 Å². The molecular weight excluding hydrogens is 436 g/mol. The van der Waals surface area contributed by atoms with Crippen molar-refractivity contribution < 1.29 is 17.7 Å². The van der Waals surface area contributed by atoms with Crippen LogP contribution in [0, 0.1) is 13.8 Å². The molecule has 0 saturated carbocycles. The zero-order valence-electron chi connectivity index (χ0n) is 18.2. The Morgan fingerprint density at radius 2 is 1.81 bits per heavy atom. The van der Waals surface area contributed by atoms with Gasteiger partial charge in [0.2, 0.25) is 0 Å². The van der Waals surface area contributed by atoms with Crippen molar-refractivity contribution in [2.45, 2.75) is 33.0 Å². The molecule has 1 saturated heterocycles. The van der Waals surface area contributed by atoms with E-state index in [0.717, 1.165) is 35.7 Å². The van der Waals surface area contributed by atoms with Crippen LogP contribution in [0.4, 0.5) is 24.7 Å². The Balaban J connectivity index is 1.69. The molecule has 2 aromatic carbocycles. The van der Waals surface area contributed by atoms with Crippen LogP contribution in [0.25, 0.3) is 10.9 Å². The van der Waals surface area contributed by atoms with Crippen molar-refractivity contribution in [3.63, 3.8) is 0 Å². The molecule has 2 heterocycles. The SMILES string of the molecule is Cc1nc(N[C@H](C)c2cccc(C(F)(F)F)c2C)c2cc(N3CC[P+](=O)CC3)ccc2n1. The molecule has 1 atom stereocenters. The molecular formula is C23H25F3N4OP+. The molecule has 0 radical (unpaired) electrons. The smallest absolute Gasteiger partial charge is 0.363 e. The second-order valence-corrected chi connectivity index (χ2v) is 9.98. The average molecular weight is 461 g/mol. The van der Waals surface area contributed by atoms with Gasteiger partial charge in [0.1, 0.15) is 11.6 Å². The maximum absolute atomic E-state index is 13.4. The monoisotopic (exact) mass is 461 g/mol.